The second-order valence-electron chi connectivity index (χ2n) is 5.04. The Morgan fingerprint density at radius 3 is 2.52 bits per heavy atom. The number of rotatable bonds is 11. The van der Waals surface area contributed by atoms with Crippen LogP contribution < -0.4 is 4.74 Å². The van der Waals surface area contributed by atoms with Crippen molar-refractivity contribution in [3.05, 3.63) is 42.0 Å². The molecular formula is C18H26O3. The van der Waals surface area contributed by atoms with E-state index in [-0.39, 0.29) is 6.10 Å². The first kappa shape index (κ1) is 17.4. The third-order valence-corrected chi connectivity index (χ3v) is 3.28. The normalized spacial score (nSPS) is 12.5. The van der Waals surface area contributed by atoms with Crippen LogP contribution in [0.25, 0.3) is 0 Å². The van der Waals surface area contributed by atoms with Crippen LogP contribution in [0.2, 0.25) is 0 Å². The second kappa shape index (κ2) is 11.1. The summed E-state index contributed by atoms with van der Waals surface area (Å²) >= 11 is 0. The Bertz CT molecular complexity index is 409. The summed E-state index contributed by atoms with van der Waals surface area (Å²) < 4.78 is 10.7. The molecule has 3 heteroatoms. The highest BCUT2D eigenvalue weighted by Crippen LogP contribution is 2.13. The minimum absolute atomic E-state index is 0.366. The van der Waals surface area contributed by atoms with Gasteiger partial charge in [-0.2, -0.15) is 0 Å². The van der Waals surface area contributed by atoms with Crippen molar-refractivity contribution in [2.24, 2.45) is 0 Å². The van der Waals surface area contributed by atoms with Gasteiger partial charge in [0.2, 0.25) is 0 Å². The number of carbonyl (C=O) groups is 1. The van der Waals surface area contributed by atoms with E-state index < -0.39 is 0 Å². The molecule has 0 saturated carbocycles. The number of allylic oxidation sites excluding steroid dienone is 1. The molecule has 0 radical (unpaired) electrons. The van der Waals surface area contributed by atoms with Gasteiger partial charge in [0.25, 0.3) is 0 Å². The van der Waals surface area contributed by atoms with Gasteiger partial charge < -0.3 is 14.3 Å². The largest absolute Gasteiger partial charge is 0.497 e. The maximum atomic E-state index is 11.0. The molecule has 0 aliphatic rings. The fourth-order valence-corrected chi connectivity index (χ4v) is 1.95. The van der Waals surface area contributed by atoms with Crippen molar-refractivity contribution in [1.82, 2.24) is 0 Å². The highest BCUT2D eigenvalue weighted by atomic mass is 16.5. The van der Waals surface area contributed by atoms with Crippen molar-refractivity contribution >= 4 is 6.29 Å². The third kappa shape index (κ3) is 7.66. The first-order valence-corrected chi connectivity index (χ1v) is 7.65. The molecule has 0 bridgehead atoms. The molecule has 1 aromatic carbocycles. The molecule has 0 aliphatic carbocycles. The van der Waals surface area contributed by atoms with Gasteiger partial charge in [0.15, 0.2) is 0 Å². The van der Waals surface area contributed by atoms with E-state index in [1.54, 1.807) is 7.11 Å². The Labute approximate surface area is 128 Å². The predicted molar refractivity (Wildman–Crippen MR) is 85.5 cm³/mol. The van der Waals surface area contributed by atoms with Gasteiger partial charge >= 0.3 is 0 Å². The first-order valence-electron chi connectivity index (χ1n) is 7.65. The summed E-state index contributed by atoms with van der Waals surface area (Å²) in [5.41, 5.74) is 1.04. The van der Waals surface area contributed by atoms with E-state index in [2.05, 4.69) is 13.0 Å². The van der Waals surface area contributed by atoms with E-state index in [0.29, 0.717) is 13.0 Å². The maximum absolute atomic E-state index is 11.0. The van der Waals surface area contributed by atoms with E-state index in [9.17, 15) is 4.79 Å². The molecule has 3 nitrogen and oxygen atoms in total. The average molecular weight is 290 g/mol. The molecule has 1 atom stereocenters. The number of hydrogen-bond donors (Lipinski definition) is 0. The van der Waals surface area contributed by atoms with Crippen LogP contribution in [0.3, 0.4) is 0 Å². The summed E-state index contributed by atoms with van der Waals surface area (Å²) in [4.78, 5) is 11.0. The summed E-state index contributed by atoms with van der Waals surface area (Å²) in [6, 6.07) is 7.67. The summed E-state index contributed by atoms with van der Waals surface area (Å²) in [6.45, 7) is 2.64. The number of ether oxygens (including phenoxy) is 2. The van der Waals surface area contributed by atoms with Crippen LogP contribution in [0, 0.1) is 0 Å². The van der Waals surface area contributed by atoms with Gasteiger partial charge in [-0.15, -0.1) is 0 Å². The first-order chi connectivity index (χ1) is 10.3. The van der Waals surface area contributed by atoms with Crippen LogP contribution in [-0.4, -0.2) is 19.5 Å². The topological polar surface area (TPSA) is 35.5 Å². The zero-order chi connectivity index (χ0) is 15.3. The molecule has 1 rings (SSSR count). The molecule has 0 aliphatic heterocycles. The van der Waals surface area contributed by atoms with Gasteiger partial charge in [-0.25, -0.2) is 0 Å². The average Bonchev–Trinajstić information content (AvgIpc) is 2.54. The Hall–Kier alpha value is -1.61. The lowest BCUT2D eigenvalue weighted by Gasteiger charge is -2.10. The third-order valence-electron chi connectivity index (χ3n) is 3.28. The van der Waals surface area contributed by atoms with Gasteiger partial charge in [-0.05, 0) is 37.0 Å². The Morgan fingerprint density at radius 2 is 1.90 bits per heavy atom. The van der Waals surface area contributed by atoms with Crippen LogP contribution in [0.5, 0.6) is 5.75 Å². The minimum atomic E-state index is -0.366. The zero-order valence-corrected chi connectivity index (χ0v) is 13.1. The molecule has 116 valence electrons. The summed E-state index contributed by atoms with van der Waals surface area (Å²) in [5, 5.41) is 0. The van der Waals surface area contributed by atoms with E-state index >= 15 is 0 Å². The Morgan fingerprint density at radius 1 is 1.14 bits per heavy atom. The number of unbranched alkanes of at least 4 members (excludes halogenated alkanes) is 3. The van der Waals surface area contributed by atoms with E-state index in [4.69, 9.17) is 9.47 Å². The number of carbonyl (C=O) groups excluding carboxylic acids is 1. The van der Waals surface area contributed by atoms with E-state index in [0.717, 1.165) is 24.0 Å². The standard InChI is InChI=1S/C18H26O3/c1-3-4-5-6-7-8-9-18(14-19)21-15-16-10-12-17(20-2)13-11-16/h7-8,10-14,18H,3-6,9,15H2,1-2H3/b8-7-/t18-/m0/s1. The van der Waals surface area contributed by atoms with Crippen LogP contribution in [-0.2, 0) is 16.1 Å². The van der Waals surface area contributed by atoms with Crippen LogP contribution in [0.1, 0.15) is 44.6 Å². The fourth-order valence-electron chi connectivity index (χ4n) is 1.95. The van der Waals surface area contributed by atoms with E-state index in [1.807, 2.05) is 30.3 Å². The number of hydrogen-bond acceptors (Lipinski definition) is 3. The molecular weight excluding hydrogens is 264 g/mol. The van der Waals surface area contributed by atoms with Crippen LogP contribution in [0.4, 0.5) is 0 Å². The number of aldehydes is 1. The van der Waals surface area contributed by atoms with Gasteiger partial charge in [0.05, 0.1) is 13.7 Å². The highest BCUT2D eigenvalue weighted by molar-refractivity contribution is 5.56. The van der Waals surface area contributed by atoms with Crippen LogP contribution >= 0.6 is 0 Å². The zero-order valence-electron chi connectivity index (χ0n) is 13.1. The molecule has 21 heavy (non-hydrogen) atoms. The molecule has 0 amide bonds. The Kier molecular flexibility index (Phi) is 9.21. The quantitative estimate of drug-likeness (QED) is 0.346. The summed E-state index contributed by atoms with van der Waals surface area (Å²) in [7, 11) is 1.64. The molecule has 0 saturated heterocycles. The Balaban J connectivity index is 2.28. The predicted octanol–water partition coefficient (Wildman–Crippen LogP) is 4.31. The van der Waals surface area contributed by atoms with Gasteiger partial charge in [-0.3, -0.25) is 0 Å². The molecule has 0 fully saturated rings. The SMILES string of the molecule is CCCCC/C=C\C[C@@H](C=O)OCc1ccc(OC)cc1. The molecule has 0 spiro atoms. The smallest absolute Gasteiger partial charge is 0.149 e. The van der Waals surface area contributed by atoms with Gasteiger partial charge in [-0.1, -0.05) is 44.1 Å². The van der Waals surface area contributed by atoms with Gasteiger partial charge in [0, 0.05) is 0 Å². The molecule has 0 aromatic heterocycles. The maximum Gasteiger partial charge on any atom is 0.149 e. The number of benzene rings is 1. The lowest BCUT2D eigenvalue weighted by atomic mass is 10.1. The fraction of sp³-hybridized carbons (Fsp3) is 0.500. The van der Waals surface area contributed by atoms with Crippen molar-refractivity contribution in [1.29, 1.82) is 0 Å². The molecule has 0 heterocycles. The lowest BCUT2D eigenvalue weighted by Crippen LogP contribution is -2.13. The molecule has 1 aromatic rings. The lowest BCUT2D eigenvalue weighted by molar-refractivity contribution is -0.118. The minimum Gasteiger partial charge on any atom is -0.497 e. The number of methoxy groups -OCH3 is 1. The van der Waals surface area contributed by atoms with Crippen molar-refractivity contribution in [2.75, 3.05) is 7.11 Å². The summed E-state index contributed by atoms with van der Waals surface area (Å²) in [5.74, 6) is 0.820. The molecule has 0 N–H and O–H groups in total. The van der Waals surface area contributed by atoms with Crippen molar-refractivity contribution < 1.29 is 14.3 Å². The monoisotopic (exact) mass is 290 g/mol. The van der Waals surface area contributed by atoms with Crippen molar-refractivity contribution in [3.63, 3.8) is 0 Å². The second-order valence-corrected chi connectivity index (χ2v) is 5.04. The van der Waals surface area contributed by atoms with Crippen molar-refractivity contribution in [3.8, 4) is 5.75 Å². The highest BCUT2D eigenvalue weighted by Gasteiger charge is 2.05. The van der Waals surface area contributed by atoms with Gasteiger partial charge in [0.1, 0.15) is 18.1 Å². The van der Waals surface area contributed by atoms with Crippen LogP contribution in [0.15, 0.2) is 36.4 Å². The van der Waals surface area contributed by atoms with Crippen molar-refractivity contribution in [2.45, 2.75) is 51.7 Å². The summed E-state index contributed by atoms with van der Waals surface area (Å²) in [6.07, 6.45) is 10.1. The molecule has 0 unspecified atom stereocenters. The van der Waals surface area contributed by atoms with E-state index in [1.165, 1.54) is 19.3 Å².